The lowest BCUT2D eigenvalue weighted by atomic mass is 10.1. The second-order valence-corrected chi connectivity index (χ2v) is 7.01. The van der Waals surface area contributed by atoms with E-state index < -0.39 is 32.9 Å². The molecule has 3 rings (SSSR count). The summed E-state index contributed by atoms with van der Waals surface area (Å²) in [7, 11) is -4.17. The van der Waals surface area contributed by atoms with Crippen molar-refractivity contribution in [3.63, 3.8) is 0 Å². The standard InChI is InChI=1S/C16H13FN2O3S/c17-13-7-10(9-18)5-6-15(13)23(21,22)19-16-12-4-2-1-3-11(12)8-14(16)20/h1-7,14,16,19-20H,8H2/t14-,16-/m0/s1. The summed E-state index contributed by atoms with van der Waals surface area (Å²) in [5.41, 5.74) is 1.57. The van der Waals surface area contributed by atoms with Crippen LogP contribution in [0.15, 0.2) is 47.4 Å². The molecule has 7 heteroatoms. The number of sulfonamides is 1. The van der Waals surface area contributed by atoms with Crippen molar-refractivity contribution in [2.45, 2.75) is 23.5 Å². The molecule has 0 radical (unpaired) electrons. The first-order valence-electron chi connectivity index (χ1n) is 6.90. The smallest absolute Gasteiger partial charge is 0.244 e. The van der Waals surface area contributed by atoms with Crippen molar-refractivity contribution >= 4 is 10.0 Å². The van der Waals surface area contributed by atoms with Crippen molar-refractivity contribution in [2.24, 2.45) is 0 Å². The highest BCUT2D eigenvalue weighted by Crippen LogP contribution is 2.32. The van der Waals surface area contributed by atoms with Crippen LogP contribution < -0.4 is 4.72 Å². The van der Waals surface area contributed by atoms with E-state index in [1.165, 1.54) is 6.07 Å². The van der Waals surface area contributed by atoms with E-state index in [0.717, 1.165) is 17.7 Å². The van der Waals surface area contributed by atoms with Gasteiger partial charge in [0.25, 0.3) is 0 Å². The van der Waals surface area contributed by atoms with E-state index in [1.807, 2.05) is 12.1 Å². The summed E-state index contributed by atoms with van der Waals surface area (Å²) in [6, 6.07) is 11.2. The molecule has 1 aliphatic rings. The van der Waals surface area contributed by atoms with Crippen molar-refractivity contribution < 1.29 is 17.9 Å². The maximum atomic E-state index is 14.0. The van der Waals surface area contributed by atoms with Gasteiger partial charge < -0.3 is 5.11 Å². The molecule has 2 atom stereocenters. The second kappa shape index (κ2) is 5.74. The average Bonchev–Trinajstić information content (AvgIpc) is 2.82. The average molecular weight is 332 g/mol. The van der Waals surface area contributed by atoms with Crippen LogP contribution in [0.3, 0.4) is 0 Å². The highest BCUT2D eigenvalue weighted by atomic mass is 32.2. The number of hydrogen-bond donors (Lipinski definition) is 2. The fourth-order valence-electron chi connectivity index (χ4n) is 2.73. The maximum absolute atomic E-state index is 14.0. The number of nitrogens with zero attached hydrogens (tertiary/aromatic N) is 1. The molecule has 2 aromatic rings. The molecule has 0 amide bonds. The van der Waals surface area contributed by atoms with Crippen LogP contribution in [0.2, 0.25) is 0 Å². The molecular formula is C16H13FN2O3S. The second-order valence-electron chi connectivity index (χ2n) is 5.33. The van der Waals surface area contributed by atoms with Crippen LogP contribution in [0, 0.1) is 17.1 Å². The summed E-state index contributed by atoms with van der Waals surface area (Å²) in [6.45, 7) is 0. The van der Waals surface area contributed by atoms with Crippen molar-refractivity contribution in [1.82, 2.24) is 4.72 Å². The minimum atomic E-state index is -4.17. The summed E-state index contributed by atoms with van der Waals surface area (Å²) >= 11 is 0. The van der Waals surface area contributed by atoms with Gasteiger partial charge in [-0.25, -0.2) is 17.5 Å². The zero-order valence-corrected chi connectivity index (χ0v) is 12.7. The van der Waals surface area contributed by atoms with Crippen molar-refractivity contribution in [2.75, 3.05) is 0 Å². The van der Waals surface area contributed by atoms with Gasteiger partial charge in [0.1, 0.15) is 10.7 Å². The third-order valence-electron chi connectivity index (χ3n) is 3.84. The van der Waals surface area contributed by atoms with Gasteiger partial charge >= 0.3 is 0 Å². The predicted molar refractivity (Wildman–Crippen MR) is 80.3 cm³/mol. The lowest BCUT2D eigenvalue weighted by molar-refractivity contribution is 0.151. The lowest BCUT2D eigenvalue weighted by Gasteiger charge is -2.18. The summed E-state index contributed by atoms with van der Waals surface area (Å²) in [6.07, 6.45) is -0.581. The first kappa shape index (κ1) is 15.6. The first-order chi connectivity index (χ1) is 10.9. The minimum Gasteiger partial charge on any atom is -0.391 e. The minimum absolute atomic E-state index is 0.0349. The third-order valence-corrected chi connectivity index (χ3v) is 5.31. The Labute approximate surface area is 133 Å². The summed E-state index contributed by atoms with van der Waals surface area (Å²) in [5.74, 6) is -1.00. The molecule has 118 valence electrons. The fourth-order valence-corrected chi connectivity index (χ4v) is 4.04. The quantitative estimate of drug-likeness (QED) is 0.894. The van der Waals surface area contributed by atoms with Crippen molar-refractivity contribution in [3.05, 3.63) is 65.0 Å². The lowest BCUT2D eigenvalue weighted by Crippen LogP contribution is -2.34. The Morgan fingerprint density at radius 3 is 2.70 bits per heavy atom. The molecule has 0 unspecified atom stereocenters. The Kier molecular flexibility index (Phi) is 3.90. The van der Waals surface area contributed by atoms with Crippen LogP contribution in [0.5, 0.6) is 0 Å². The van der Waals surface area contributed by atoms with Gasteiger partial charge in [0, 0.05) is 6.42 Å². The van der Waals surface area contributed by atoms with Crippen LogP contribution in [0.4, 0.5) is 4.39 Å². The third kappa shape index (κ3) is 2.84. The topological polar surface area (TPSA) is 90.2 Å². The van der Waals surface area contributed by atoms with E-state index in [2.05, 4.69) is 4.72 Å². The molecular weight excluding hydrogens is 319 g/mol. The highest BCUT2D eigenvalue weighted by Gasteiger charge is 2.35. The molecule has 0 bridgehead atoms. The van der Waals surface area contributed by atoms with Crippen molar-refractivity contribution in [3.8, 4) is 6.07 Å². The predicted octanol–water partition coefficient (Wildman–Crippen LogP) is 1.63. The van der Waals surface area contributed by atoms with Gasteiger partial charge in [-0.05, 0) is 29.3 Å². The first-order valence-corrected chi connectivity index (χ1v) is 8.38. The molecule has 2 aromatic carbocycles. The van der Waals surface area contributed by atoms with E-state index in [0.29, 0.717) is 12.0 Å². The number of aliphatic hydroxyl groups is 1. The molecule has 0 fully saturated rings. The van der Waals surface area contributed by atoms with E-state index in [-0.39, 0.29) is 5.56 Å². The van der Waals surface area contributed by atoms with E-state index in [9.17, 15) is 17.9 Å². The van der Waals surface area contributed by atoms with Gasteiger partial charge in [-0.1, -0.05) is 24.3 Å². The van der Waals surface area contributed by atoms with Gasteiger partial charge in [0.2, 0.25) is 10.0 Å². The number of hydrogen-bond acceptors (Lipinski definition) is 4. The van der Waals surface area contributed by atoms with Gasteiger partial charge in [-0.2, -0.15) is 5.26 Å². The molecule has 1 aliphatic carbocycles. The van der Waals surface area contributed by atoms with Crippen LogP contribution in [-0.2, 0) is 16.4 Å². The van der Waals surface area contributed by atoms with Crippen LogP contribution in [0.25, 0.3) is 0 Å². The number of aliphatic hydroxyl groups excluding tert-OH is 1. The monoisotopic (exact) mass is 332 g/mol. The Balaban J connectivity index is 1.95. The number of nitriles is 1. The summed E-state index contributed by atoms with van der Waals surface area (Å²) < 4.78 is 41.2. The number of nitrogens with one attached hydrogen (secondary N) is 1. The van der Waals surface area contributed by atoms with Gasteiger partial charge in [0.05, 0.1) is 23.8 Å². The highest BCUT2D eigenvalue weighted by molar-refractivity contribution is 7.89. The van der Waals surface area contributed by atoms with E-state index in [1.54, 1.807) is 18.2 Å². The van der Waals surface area contributed by atoms with Crippen molar-refractivity contribution in [1.29, 1.82) is 5.26 Å². The molecule has 0 spiro atoms. The van der Waals surface area contributed by atoms with Crippen LogP contribution in [-0.4, -0.2) is 19.6 Å². The molecule has 5 nitrogen and oxygen atoms in total. The molecule has 0 heterocycles. The zero-order valence-electron chi connectivity index (χ0n) is 11.9. The van der Waals surface area contributed by atoms with Gasteiger partial charge in [-0.3, -0.25) is 0 Å². The molecule has 0 saturated heterocycles. The van der Waals surface area contributed by atoms with E-state index in [4.69, 9.17) is 5.26 Å². The molecule has 23 heavy (non-hydrogen) atoms. The van der Waals surface area contributed by atoms with Crippen LogP contribution in [0.1, 0.15) is 22.7 Å². The van der Waals surface area contributed by atoms with Gasteiger partial charge in [-0.15, -0.1) is 0 Å². The molecule has 2 N–H and O–H groups in total. The Morgan fingerprint density at radius 2 is 2.00 bits per heavy atom. The Bertz CT molecular complexity index is 906. The zero-order chi connectivity index (χ0) is 16.6. The number of halogens is 1. The molecule has 0 aromatic heterocycles. The fraction of sp³-hybridized carbons (Fsp3) is 0.188. The molecule has 0 aliphatic heterocycles. The Morgan fingerprint density at radius 1 is 1.26 bits per heavy atom. The van der Waals surface area contributed by atoms with Crippen LogP contribution >= 0.6 is 0 Å². The number of fused-ring (bicyclic) bond motifs is 1. The normalized spacial score (nSPS) is 20.0. The Hall–Kier alpha value is -2.27. The largest absolute Gasteiger partial charge is 0.391 e. The van der Waals surface area contributed by atoms with E-state index >= 15 is 0 Å². The number of rotatable bonds is 3. The summed E-state index contributed by atoms with van der Waals surface area (Å²) in [4.78, 5) is -0.548. The van der Waals surface area contributed by atoms with Gasteiger partial charge in [0.15, 0.2) is 0 Å². The maximum Gasteiger partial charge on any atom is 0.244 e. The number of benzene rings is 2. The summed E-state index contributed by atoms with van der Waals surface area (Å²) in [5, 5.41) is 18.8. The molecule has 0 saturated carbocycles. The SMILES string of the molecule is N#Cc1ccc(S(=O)(=O)N[C@H]2c3ccccc3C[C@@H]2O)c(F)c1.